The number of furan rings is 1. The lowest BCUT2D eigenvalue weighted by molar-refractivity contribution is 0.0953. The fourth-order valence-corrected chi connectivity index (χ4v) is 4.18. The number of phenols is 1. The molecule has 0 fully saturated rings. The SMILES string of the molecule is Cc1c(C(=O)Nc2cccc3ncccc23)oc2c1/C(=N/NC(=O)c1ccc(O)cc1)CCC2. The highest BCUT2D eigenvalue weighted by Crippen LogP contribution is 2.31. The number of nitrogens with one attached hydrogen (secondary N) is 2. The van der Waals surface area contributed by atoms with Crippen LogP contribution in [0, 0.1) is 6.92 Å². The smallest absolute Gasteiger partial charge is 0.291 e. The second-order valence-electron chi connectivity index (χ2n) is 8.08. The van der Waals surface area contributed by atoms with E-state index < -0.39 is 0 Å². The Bertz CT molecular complexity index is 1430. The standard InChI is InChI=1S/C26H22N4O4/c1-15-23-21(29-30-25(32)16-10-12-17(31)13-11-16)8-3-9-22(23)34-24(15)26(33)28-20-7-2-6-19-18(20)5-4-14-27-19/h2,4-7,10-14,31H,3,8-9H2,1H3,(H,28,33)(H,30,32)/b29-21+. The molecule has 2 aromatic carbocycles. The number of rotatable bonds is 4. The number of fused-ring (bicyclic) bond motifs is 2. The molecule has 0 aliphatic heterocycles. The van der Waals surface area contributed by atoms with Gasteiger partial charge in [0.2, 0.25) is 0 Å². The van der Waals surface area contributed by atoms with E-state index in [9.17, 15) is 14.7 Å². The zero-order chi connectivity index (χ0) is 23.7. The molecule has 0 radical (unpaired) electrons. The van der Waals surface area contributed by atoms with Crippen LogP contribution in [-0.4, -0.2) is 27.6 Å². The summed E-state index contributed by atoms with van der Waals surface area (Å²) in [4.78, 5) is 29.9. The van der Waals surface area contributed by atoms with E-state index in [4.69, 9.17) is 4.42 Å². The molecular formula is C26H22N4O4. The summed E-state index contributed by atoms with van der Waals surface area (Å²) < 4.78 is 5.97. The number of phenolic OH excluding ortho intramolecular Hbond substituents is 1. The molecule has 1 aliphatic rings. The number of aromatic nitrogens is 1. The largest absolute Gasteiger partial charge is 0.508 e. The lowest BCUT2D eigenvalue weighted by atomic mass is 9.93. The summed E-state index contributed by atoms with van der Waals surface area (Å²) in [6.07, 6.45) is 3.84. The normalized spacial score (nSPS) is 14.1. The zero-order valence-corrected chi connectivity index (χ0v) is 18.5. The summed E-state index contributed by atoms with van der Waals surface area (Å²) in [5.41, 5.74) is 6.51. The molecule has 8 nitrogen and oxygen atoms in total. The molecule has 170 valence electrons. The Hall–Kier alpha value is -4.46. The number of amides is 2. The summed E-state index contributed by atoms with van der Waals surface area (Å²) in [5, 5.41) is 17.5. The summed E-state index contributed by atoms with van der Waals surface area (Å²) in [6.45, 7) is 1.82. The maximum absolute atomic E-state index is 13.1. The highest BCUT2D eigenvalue weighted by Gasteiger charge is 2.28. The Labute approximate surface area is 195 Å². The van der Waals surface area contributed by atoms with E-state index >= 15 is 0 Å². The maximum Gasteiger partial charge on any atom is 0.291 e. The number of hydrazone groups is 1. The number of carbonyl (C=O) groups excluding carboxylic acids is 2. The number of pyridine rings is 1. The molecule has 2 heterocycles. The van der Waals surface area contributed by atoms with E-state index in [1.807, 2.05) is 37.3 Å². The van der Waals surface area contributed by atoms with E-state index in [0.29, 0.717) is 41.1 Å². The molecule has 0 saturated carbocycles. The molecule has 0 bridgehead atoms. The summed E-state index contributed by atoms with van der Waals surface area (Å²) >= 11 is 0. The van der Waals surface area contributed by atoms with Gasteiger partial charge in [-0.3, -0.25) is 14.6 Å². The van der Waals surface area contributed by atoms with Gasteiger partial charge >= 0.3 is 0 Å². The summed E-state index contributed by atoms with van der Waals surface area (Å²) in [5.74, 6) is 0.259. The van der Waals surface area contributed by atoms with Gasteiger partial charge in [0, 0.05) is 34.7 Å². The quantitative estimate of drug-likeness (QED) is 0.391. The topological polar surface area (TPSA) is 117 Å². The van der Waals surface area contributed by atoms with Crippen LogP contribution in [-0.2, 0) is 6.42 Å². The van der Waals surface area contributed by atoms with Crippen molar-refractivity contribution in [3.63, 3.8) is 0 Å². The predicted molar refractivity (Wildman–Crippen MR) is 128 cm³/mol. The first kappa shape index (κ1) is 21.4. The third kappa shape index (κ3) is 4.01. The molecule has 34 heavy (non-hydrogen) atoms. The number of aromatic hydroxyl groups is 1. The van der Waals surface area contributed by atoms with Crippen molar-refractivity contribution in [2.24, 2.45) is 5.10 Å². The van der Waals surface area contributed by atoms with Crippen LogP contribution in [0.3, 0.4) is 0 Å². The lowest BCUT2D eigenvalue weighted by Crippen LogP contribution is -2.22. The van der Waals surface area contributed by atoms with Crippen LogP contribution in [0.1, 0.15) is 50.6 Å². The molecule has 4 aromatic rings. The molecule has 0 spiro atoms. The van der Waals surface area contributed by atoms with Crippen LogP contribution in [0.5, 0.6) is 5.75 Å². The first-order valence-corrected chi connectivity index (χ1v) is 10.9. The highest BCUT2D eigenvalue weighted by atomic mass is 16.4. The van der Waals surface area contributed by atoms with E-state index in [-0.39, 0.29) is 23.3 Å². The van der Waals surface area contributed by atoms with Crippen LogP contribution < -0.4 is 10.7 Å². The highest BCUT2D eigenvalue weighted by molar-refractivity contribution is 6.11. The van der Waals surface area contributed by atoms with Gasteiger partial charge in [-0.1, -0.05) is 6.07 Å². The monoisotopic (exact) mass is 454 g/mol. The fraction of sp³-hybridized carbons (Fsp3) is 0.154. The minimum Gasteiger partial charge on any atom is -0.508 e. The van der Waals surface area contributed by atoms with Crippen molar-refractivity contribution in [2.75, 3.05) is 5.32 Å². The van der Waals surface area contributed by atoms with Crippen LogP contribution in [0.4, 0.5) is 5.69 Å². The summed E-state index contributed by atoms with van der Waals surface area (Å²) in [7, 11) is 0. The van der Waals surface area contributed by atoms with Gasteiger partial charge in [0.1, 0.15) is 11.5 Å². The molecule has 3 N–H and O–H groups in total. The molecule has 5 rings (SSSR count). The average Bonchev–Trinajstić information content (AvgIpc) is 3.20. The van der Waals surface area contributed by atoms with Crippen molar-refractivity contribution in [1.82, 2.24) is 10.4 Å². The van der Waals surface area contributed by atoms with E-state index in [0.717, 1.165) is 22.9 Å². The second-order valence-corrected chi connectivity index (χ2v) is 8.08. The molecule has 0 atom stereocenters. The third-order valence-corrected chi connectivity index (χ3v) is 5.85. The van der Waals surface area contributed by atoms with Crippen molar-refractivity contribution in [2.45, 2.75) is 26.2 Å². The van der Waals surface area contributed by atoms with Gasteiger partial charge in [-0.05, 0) is 68.3 Å². The van der Waals surface area contributed by atoms with Crippen molar-refractivity contribution < 1.29 is 19.1 Å². The Morgan fingerprint density at radius 3 is 2.68 bits per heavy atom. The van der Waals surface area contributed by atoms with Crippen molar-refractivity contribution in [3.05, 3.63) is 89.0 Å². The minimum atomic E-state index is -0.386. The lowest BCUT2D eigenvalue weighted by Gasteiger charge is -2.13. The first-order valence-electron chi connectivity index (χ1n) is 10.9. The molecule has 8 heteroatoms. The van der Waals surface area contributed by atoms with Gasteiger partial charge in [-0.15, -0.1) is 0 Å². The van der Waals surface area contributed by atoms with Gasteiger partial charge in [0.05, 0.1) is 16.9 Å². The molecule has 0 unspecified atom stereocenters. The van der Waals surface area contributed by atoms with Crippen LogP contribution in [0.2, 0.25) is 0 Å². The molecule has 2 amide bonds. The minimum absolute atomic E-state index is 0.0828. The average molecular weight is 454 g/mol. The Morgan fingerprint density at radius 1 is 1.03 bits per heavy atom. The number of nitrogens with zero attached hydrogens (tertiary/aromatic N) is 2. The second kappa shape index (κ2) is 8.82. The predicted octanol–water partition coefficient (Wildman–Crippen LogP) is 4.56. The van der Waals surface area contributed by atoms with Crippen molar-refractivity contribution in [3.8, 4) is 5.75 Å². The van der Waals surface area contributed by atoms with Crippen LogP contribution in [0.25, 0.3) is 10.9 Å². The van der Waals surface area contributed by atoms with Crippen molar-refractivity contribution >= 4 is 34.1 Å². The zero-order valence-electron chi connectivity index (χ0n) is 18.5. The number of aryl methyl sites for hydroxylation is 1. The maximum atomic E-state index is 13.1. The van der Waals surface area contributed by atoms with Crippen LogP contribution in [0.15, 0.2) is 70.3 Å². The fourth-order valence-electron chi connectivity index (χ4n) is 4.18. The van der Waals surface area contributed by atoms with Gasteiger partial charge < -0.3 is 14.8 Å². The van der Waals surface area contributed by atoms with Crippen molar-refractivity contribution in [1.29, 1.82) is 0 Å². The Balaban J connectivity index is 1.40. The molecular weight excluding hydrogens is 432 g/mol. The Kier molecular flexibility index (Phi) is 5.55. The first-order chi connectivity index (χ1) is 16.5. The molecule has 2 aromatic heterocycles. The molecule has 0 saturated heterocycles. The van der Waals surface area contributed by atoms with E-state index in [1.54, 1.807) is 6.20 Å². The van der Waals surface area contributed by atoms with Gasteiger partial charge in [-0.25, -0.2) is 5.43 Å². The number of anilines is 1. The van der Waals surface area contributed by atoms with E-state index in [2.05, 4.69) is 20.8 Å². The molecule has 1 aliphatic carbocycles. The number of hydrogen-bond donors (Lipinski definition) is 3. The number of carbonyl (C=O) groups is 2. The third-order valence-electron chi connectivity index (χ3n) is 5.85. The van der Waals surface area contributed by atoms with Gasteiger partial charge in [0.25, 0.3) is 11.8 Å². The number of benzene rings is 2. The Morgan fingerprint density at radius 2 is 1.85 bits per heavy atom. The number of hydrogen-bond acceptors (Lipinski definition) is 6. The van der Waals surface area contributed by atoms with Crippen LogP contribution >= 0.6 is 0 Å². The van der Waals surface area contributed by atoms with Gasteiger partial charge in [-0.2, -0.15) is 5.10 Å². The van der Waals surface area contributed by atoms with E-state index in [1.165, 1.54) is 24.3 Å². The summed E-state index contributed by atoms with van der Waals surface area (Å²) in [6, 6.07) is 15.2. The van der Waals surface area contributed by atoms with Gasteiger partial charge in [0.15, 0.2) is 5.76 Å².